The molecule has 98 valence electrons. The zero-order valence-electron chi connectivity index (χ0n) is 10.8. The van der Waals surface area contributed by atoms with Crippen molar-refractivity contribution in [3.63, 3.8) is 0 Å². The largest absolute Gasteiger partial charge is 0.480 e. The van der Waals surface area contributed by atoms with Gasteiger partial charge in [0.25, 0.3) is 0 Å². The Morgan fingerprint density at radius 2 is 2.00 bits per heavy atom. The standard InChI is InChI=1S/C13H24N2O2/c1-11(13(16)17)15-8-5-12(10-15)9-14-6-3-2-4-7-14/h11-12H,2-10H2,1H3,(H,16,17)/t11-,12+/m0/s1. The minimum Gasteiger partial charge on any atom is -0.480 e. The van der Waals surface area contributed by atoms with E-state index in [1.54, 1.807) is 6.92 Å². The van der Waals surface area contributed by atoms with E-state index in [9.17, 15) is 4.79 Å². The molecule has 0 radical (unpaired) electrons. The molecule has 2 atom stereocenters. The van der Waals surface area contributed by atoms with Gasteiger partial charge < -0.3 is 10.0 Å². The minimum atomic E-state index is -0.691. The monoisotopic (exact) mass is 240 g/mol. The van der Waals surface area contributed by atoms with E-state index in [4.69, 9.17) is 5.11 Å². The maximum absolute atomic E-state index is 10.9. The molecule has 2 fully saturated rings. The van der Waals surface area contributed by atoms with Crippen LogP contribution in [-0.2, 0) is 4.79 Å². The van der Waals surface area contributed by atoms with Crippen LogP contribution < -0.4 is 0 Å². The Kier molecular flexibility index (Phi) is 4.40. The molecular formula is C13H24N2O2. The normalized spacial score (nSPS) is 29.4. The molecule has 0 aliphatic carbocycles. The zero-order valence-corrected chi connectivity index (χ0v) is 10.8. The summed E-state index contributed by atoms with van der Waals surface area (Å²) < 4.78 is 0. The van der Waals surface area contributed by atoms with Gasteiger partial charge in [0.2, 0.25) is 0 Å². The van der Waals surface area contributed by atoms with Crippen molar-refractivity contribution in [2.75, 3.05) is 32.7 Å². The van der Waals surface area contributed by atoms with Crippen LogP contribution in [0.4, 0.5) is 0 Å². The fourth-order valence-electron chi connectivity index (χ4n) is 3.03. The maximum Gasteiger partial charge on any atom is 0.320 e. The molecular weight excluding hydrogens is 216 g/mol. The van der Waals surface area contributed by atoms with E-state index >= 15 is 0 Å². The summed E-state index contributed by atoms with van der Waals surface area (Å²) in [6, 6.07) is -0.318. The average Bonchev–Trinajstić information content (AvgIpc) is 2.77. The number of carboxylic acid groups (broad SMARTS) is 1. The Hall–Kier alpha value is -0.610. The van der Waals surface area contributed by atoms with Crippen LogP contribution in [-0.4, -0.2) is 59.6 Å². The number of nitrogens with zero attached hydrogens (tertiary/aromatic N) is 2. The van der Waals surface area contributed by atoms with Crippen LogP contribution in [0.5, 0.6) is 0 Å². The van der Waals surface area contributed by atoms with Gasteiger partial charge >= 0.3 is 5.97 Å². The number of hydrogen-bond donors (Lipinski definition) is 1. The zero-order chi connectivity index (χ0) is 12.3. The van der Waals surface area contributed by atoms with Crippen molar-refractivity contribution < 1.29 is 9.90 Å². The minimum absolute atomic E-state index is 0.318. The lowest BCUT2D eigenvalue weighted by molar-refractivity contribution is -0.142. The fourth-order valence-corrected chi connectivity index (χ4v) is 3.03. The first kappa shape index (κ1) is 12.8. The lowest BCUT2D eigenvalue weighted by Crippen LogP contribution is -2.39. The van der Waals surface area contributed by atoms with Crippen molar-refractivity contribution in [1.82, 2.24) is 9.80 Å². The third kappa shape index (κ3) is 3.42. The molecule has 2 heterocycles. The van der Waals surface area contributed by atoms with Gasteiger partial charge in [-0.2, -0.15) is 0 Å². The van der Waals surface area contributed by atoms with E-state index in [1.165, 1.54) is 38.9 Å². The second-order valence-corrected chi connectivity index (χ2v) is 5.53. The van der Waals surface area contributed by atoms with Gasteiger partial charge in [0.05, 0.1) is 0 Å². The Balaban J connectivity index is 1.75. The van der Waals surface area contributed by atoms with Gasteiger partial charge in [-0.25, -0.2) is 0 Å². The quantitative estimate of drug-likeness (QED) is 0.803. The van der Waals surface area contributed by atoms with Gasteiger partial charge in [0.15, 0.2) is 0 Å². The number of carboxylic acids is 1. The molecule has 2 saturated heterocycles. The predicted molar refractivity (Wildman–Crippen MR) is 67.1 cm³/mol. The molecule has 4 nitrogen and oxygen atoms in total. The molecule has 0 saturated carbocycles. The molecule has 0 amide bonds. The molecule has 2 aliphatic heterocycles. The molecule has 0 unspecified atom stereocenters. The molecule has 1 N–H and O–H groups in total. The first-order valence-corrected chi connectivity index (χ1v) is 6.86. The molecule has 2 rings (SSSR count). The third-order valence-electron chi connectivity index (χ3n) is 4.19. The van der Waals surface area contributed by atoms with Crippen LogP contribution in [0.1, 0.15) is 32.6 Å². The van der Waals surface area contributed by atoms with Crippen LogP contribution in [0.3, 0.4) is 0 Å². The van der Waals surface area contributed by atoms with Crippen molar-refractivity contribution in [3.8, 4) is 0 Å². The van der Waals surface area contributed by atoms with E-state index in [0.29, 0.717) is 5.92 Å². The summed E-state index contributed by atoms with van der Waals surface area (Å²) >= 11 is 0. The molecule has 0 bridgehead atoms. The Bertz CT molecular complexity index is 264. The van der Waals surface area contributed by atoms with Crippen molar-refractivity contribution >= 4 is 5.97 Å². The number of aliphatic carboxylic acids is 1. The second-order valence-electron chi connectivity index (χ2n) is 5.53. The van der Waals surface area contributed by atoms with Gasteiger partial charge in [0.1, 0.15) is 6.04 Å². The highest BCUT2D eigenvalue weighted by Gasteiger charge is 2.30. The average molecular weight is 240 g/mol. The maximum atomic E-state index is 10.9. The van der Waals surface area contributed by atoms with Crippen molar-refractivity contribution in [2.24, 2.45) is 5.92 Å². The summed E-state index contributed by atoms with van der Waals surface area (Å²) in [5.41, 5.74) is 0. The van der Waals surface area contributed by atoms with Gasteiger partial charge in [-0.3, -0.25) is 9.69 Å². The first-order valence-electron chi connectivity index (χ1n) is 6.86. The van der Waals surface area contributed by atoms with E-state index < -0.39 is 5.97 Å². The highest BCUT2D eigenvalue weighted by atomic mass is 16.4. The van der Waals surface area contributed by atoms with E-state index in [0.717, 1.165) is 19.5 Å². The Labute approximate surface area is 104 Å². The highest BCUT2D eigenvalue weighted by Crippen LogP contribution is 2.21. The summed E-state index contributed by atoms with van der Waals surface area (Å²) in [5.74, 6) is -0.0153. The van der Waals surface area contributed by atoms with Crippen LogP contribution in [0.25, 0.3) is 0 Å². The fraction of sp³-hybridized carbons (Fsp3) is 0.923. The second kappa shape index (κ2) is 5.83. The van der Waals surface area contributed by atoms with Crippen molar-refractivity contribution in [1.29, 1.82) is 0 Å². The van der Waals surface area contributed by atoms with Gasteiger partial charge in [0, 0.05) is 13.1 Å². The third-order valence-corrected chi connectivity index (χ3v) is 4.19. The van der Waals surface area contributed by atoms with Crippen molar-refractivity contribution in [2.45, 2.75) is 38.6 Å². The topological polar surface area (TPSA) is 43.8 Å². The summed E-state index contributed by atoms with van der Waals surface area (Å²) in [6.07, 6.45) is 5.21. The number of piperidine rings is 1. The molecule has 17 heavy (non-hydrogen) atoms. The van der Waals surface area contributed by atoms with Crippen molar-refractivity contribution in [3.05, 3.63) is 0 Å². The molecule has 0 aromatic carbocycles. The molecule has 0 aromatic heterocycles. The summed E-state index contributed by atoms with van der Waals surface area (Å²) in [4.78, 5) is 15.6. The number of carbonyl (C=O) groups is 1. The molecule has 2 aliphatic rings. The molecule has 0 aromatic rings. The van der Waals surface area contributed by atoms with E-state index in [1.807, 2.05) is 0 Å². The van der Waals surface area contributed by atoms with Gasteiger partial charge in [-0.1, -0.05) is 6.42 Å². The van der Waals surface area contributed by atoms with Crippen LogP contribution in [0.2, 0.25) is 0 Å². The number of rotatable bonds is 4. The van der Waals surface area contributed by atoms with Gasteiger partial charge in [-0.05, 0) is 51.7 Å². The number of hydrogen-bond acceptors (Lipinski definition) is 3. The Morgan fingerprint density at radius 3 is 2.65 bits per heavy atom. The molecule has 0 spiro atoms. The van der Waals surface area contributed by atoms with Gasteiger partial charge in [-0.15, -0.1) is 0 Å². The SMILES string of the molecule is C[C@@H](C(=O)O)N1CC[C@H](CN2CCCCC2)C1. The first-order chi connectivity index (χ1) is 8.16. The highest BCUT2D eigenvalue weighted by molar-refractivity contribution is 5.72. The summed E-state index contributed by atoms with van der Waals surface area (Å²) in [6.45, 7) is 7.36. The van der Waals surface area contributed by atoms with Crippen LogP contribution in [0.15, 0.2) is 0 Å². The number of likely N-dealkylation sites (tertiary alicyclic amines) is 2. The van der Waals surface area contributed by atoms with E-state index in [2.05, 4.69) is 9.80 Å². The van der Waals surface area contributed by atoms with E-state index in [-0.39, 0.29) is 6.04 Å². The van der Waals surface area contributed by atoms with Crippen LogP contribution in [0, 0.1) is 5.92 Å². The smallest absolute Gasteiger partial charge is 0.320 e. The van der Waals surface area contributed by atoms with Crippen LogP contribution >= 0.6 is 0 Å². The summed E-state index contributed by atoms with van der Waals surface area (Å²) in [7, 11) is 0. The molecule has 4 heteroatoms. The predicted octanol–water partition coefficient (Wildman–Crippen LogP) is 1.27. The lowest BCUT2D eigenvalue weighted by Gasteiger charge is -2.29. The lowest BCUT2D eigenvalue weighted by atomic mass is 10.1. The Morgan fingerprint density at radius 1 is 1.29 bits per heavy atom. The summed E-state index contributed by atoms with van der Waals surface area (Å²) in [5, 5.41) is 9.00.